The van der Waals surface area contributed by atoms with Crippen molar-refractivity contribution in [2.24, 2.45) is 5.92 Å². The van der Waals surface area contributed by atoms with Crippen LogP contribution in [0.15, 0.2) is 24.3 Å². The maximum absolute atomic E-state index is 12.4. The number of urea groups is 1. The second-order valence-electron chi connectivity index (χ2n) is 7.54. The summed E-state index contributed by atoms with van der Waals surface area (Å²) < 4.78 is 10.3. The predicted octanol–water partition coefficient (Wildman–Crippen LogP) is 1.75. The van der Waals surface area contributed by atoms with Crippen molar-refractivity contribution >= 4 is 29.5 Å². The van der Waals surface area contributed by atoms with E-state index < -0.39 is 30.4 Å². The monoisotopic (exact) mass is 417 g/mol. The van der Waals surface area contributed by atoms with Crippen LogP contribution >= 0.6 is 0 Å². The fraction of sp³-hybridized carbons (Fsp3) is 0.524. The van der Waals surface area contributed by atoms with Gasteiger partial charge in [-0.15, -0.1) is 0 Å². The summed E-state index contributed by atoms with van der Waals surface area (Å²) in [5.41, 5.74) is 0.581. The molecule has 2 aliphatic rings. The summed E-state index contributed by atoms with van der Waals surface area (Å²) in [5, 5.41) is 4.93. The molecule has 0 radical (unpaired) electrons. The maximum atomic E-state index is 12.4. The molecule has 2 N–H and O–H groups in total. The van der Waals surface area contributed by atoms with Gasteiger partial charge in [-0.1, -0.05) is 31.4 Å². The van der Waals surface area contributed by atoms with Crippen molar-refractivity contribution in [1.29, 1.82) is 0 Å². The lowest BCUT2D eigenvalue weighted by atomic mass is 9.96. The van der Waals surface area contributed by atoms with Gasteiger partial charge in [0.05, 0.1) is 18.7 Å². The quantitative estimate of drug-likeness (QED) is 0.682. The Bertz CT molecular complexity index is 806. The smallest absolute Gasteiger partial charge is 0.321 e. The average molecular weight is 417 g/mol. The van der Waals surface area contributed by atoms with Crippen LogP contribution in [0.5, 0.6) is 5.75 Å². The highest BCUT2D eigenvalue weighted by molar-refractivity contribution is 6.01. The highest BCUT2D eigenvalue weighted by Crippen LogP contribution is 2.33. The maximum Gasteiger partial charge on any atom is 0.321 e. The van der Waals surface area contributed by atoms with Crippen molar-refractivity contribution in [3.05, 3.63) is 24.3 Å². The SMILES string of the molecule is COc1ccccc1N1C[C@@H](C(=O)OCC(=O)NC(=O)NC2CCCCC2)CC1=O. The highest BCUT2D eigenvalue weighted by atomic mass is 16.5. The van der Waals surface area contributed by atoms with Gasteiger partial charge in [0.1, 0.15) is 5.75 Å². The number of ether oxygens (including phenoxy) is 2. The molecular weight excluding hydrogens is 390 g/mol. The Kier molecular flexibility index (Phi) is 7.26. The third-order valence-corrected chi connectivity index (χ3v) is 5.37. The molecule has 0 spiro atoms. The van der Waals surface area contributed by atoms with Crippen LogP contribution in [0.3, 0.4) is 0 Å². The summed E-state index contributed by atoms with van der Waals surface area (Å²) in [7, 11) is 1.51. The minimum Gasteiger partial charge on any atom is -0.495 e. The zero-order valence-corrected chi connectivity index (χ0v) is 17.0. The standard InChI is InChI=1S/C21H27N3O6/c1-29-17-10-6-5-9-16(17)24-12-14(11-19(24)26)20(27)30-13-18(25)23-21(28)22-15-7-3-2-4-8-15/h5-6,9-10,14-15H,2-4,7-8,11-13H2,1H3,(H2,22,23,25,28)/t14-/m0/s1. The molecule has 1 aromatic carbocycles. The number of para-hydroxylation sites is 2. The number of hydrogen-bond donors (Lipinski definition) is 2. The third-order valence-electron chi connectivity index (χ3n) is 5.37. The van der Waals surface area contributed by atoms with Crippen molar-refractivity contribution in [3.63, 3.8) is 0 Å². The number of carbonyl (C=O) groups is 4. The fourth-order valence-corrected chi connectivity index (χ4v) is 3.84. The molecule has 1 aliphatic heterocycles. The molecule has 1 atom stereocenters. The predicted molar refractivity (Wildman–Crippen MR) is 108 cm³/mol. The van der Waals surface area contributed by atoms with E-state index in [4.69, 9.17) is 9.47 Å². The topological polar surface area (TPSA) is 114 Å². The van der Waals surface area contributed by atoms with Crippen molar-refractivity contribution in [2.75, 3.05) is 25.2 Å². The molecule has 1 saturated heterocycles. The van der Waals surface area contributed by atoms with Crippen LogP contribution in [0.2, 0.25) is 0 Å². The summed E-state index contributed by atoms with van der Waals surface area (Å²) in [4.78, 5) is 49.9. The first kappa shape index (κ1) is 21.6. The van der Waals surface area contributed by atoms with Gasteiger partial charge >= 0.3 is 12.0 Å². The minimum atomic E-state index is -0.706. The third kappa shape index (κ3) is 5.49. The van der Waals surface area contributed by atoms with Crippen LogP contribution in [0.25, 0.3) is 0 Å². The van der Waals surface area contributed by atoms with Crippen LogP contribution in [0, 0.1) is 5.92 Å². The summed E-state index contributed by atoms with van der Waals surface area (Å²) in [6.45, 7) is -0.432. The lowest BCUT2D eigenvalue weighted by Crippen LogP contribution is -2.46. The van der Waals surface area contributed by atoms with Crippen LogP contribution in [0.4, 0.5) is 10.5 Å². The van der Waals surface area contributed by atoms with E-state index in [1.807, 2.05) is 0 Å². The molecule has 4 amide bonds. The molecule has 2 fully saturated rings. The molecule has 3 rings (SSSR count). The van der Waals surface area contributed by atoms with Gasteiger partial charge in [0, 0.05) is 19.0 Å². The number of rotatable bonds is 6. The molecule has 0 bridgehead atoms. The Hall–Kier alpha value is -3.10. The molecule has 30 heavy (non-hydrogen) atoms. The van der Waals surface area contributed by atoms with Crippen molar-refractivity contribution < 1.29 is 28.7 Å². The van der Waals surface area contributed by atoms with Gasteiger partial charge in [-0.25, -0.2) is 4.79 Å². The van der Waals surface area contributed by atoms with Gasteiger partial charge in [-0.3, -0.25) is 19.7 Å². The molecule has 1 aromatic rings. The number of amides is 4. The molecule has 9 heteroatoms. The van der Waals surface area contributed by atoms with E-state index in [1.54, 1.807) is 24.3 Å². The zero-order chi connectivity index (χ0) is 21.5. The molecule has 9 nitrogen and oxygen atoms in total. The summed E-state index contributed by atoms with van der Waals surface area (Å²) in [6.07, 6.45) is 5.06. The van der Waals surface area contributed by atoms with Crippen LogP contribution in [-0.4, -0.2) is 50.1 Å². The van der Waals surface area contributed by atoms with Gasteiger partial charge in [-0.2, -0.15) is 0 Å². The van der Waals surface area contributed by atoms with Gasteiger partial charge < -0.3 is 19.7 Å². The Morgan fingerprint density at radius 2 is 1.87 bits per heavy atom. The van der Waals surface area contributed by atoms with E-state index in [-0.39, 0.29) is 24.9 Å². The van der Waals surface area contributed by atoms with Gasteiger partial charge in [-0.05, 0) is 25.0 Å². The zero-order valence-electron chi connectivity index (χ0n) is 17.0. The molecule has 0 unspecified atom stereocenters. The van der Waals surface area contributed by atoms with Crippen LogP contribution in [0.1, 0.15) is 38.5 Å². The molecule has 162 valence electrons. The average Bonchev–Trinajstić information content (AvgIpc) is 3.14. The van der Waals surface area contributed by atoms with E-state index in [0.717, 1.165) is 32.1 Å². The first-order valence-electron chi connectivity index (χ1n) is 10.2. The number of benzene rings is 1. The van der Waals surface area contributed by atoms with Gasteiger partial charge in [0.15, 0.2) is 6.61 Å². The number of carbonyl (C=O) groups excluding carboxylic acids is 4. The van der Waals surface area contributed by atoms with E-state index in [0.29, 0.717) is 11.4 Å². The first-order chi connectivity index (χ1) is 14.5. The van der Waals surface area contributed by atoms with E-state index in [1.165, 1.54) is 12.0 Å². The fourth-order valence-electron chi connectivity index (χ4n) is 3.84. The van der Waals surface area contributed by atoms with Crippen LogP contribution in [-0.2, 0) is 19.1 Å². The lowest BCUT2D eigenvalue weighted by molar-refractivity contribution is -0.152. The Morgan fingerprint density at radius 3 is 2.60 bits per heavy atom. The van der Waals surface area contributed by atoms with Crippen LogP contribution < -0.4 is 20.3 Å². The summed E-state index contributed by atoms with van der Waals surface area (Å²) in [6, 6.07) is 6.53. The van der Waals surface area contributed by atoms with Gasteiger partial charge in [0.2, 0.25) is 5.91 Å². The normalized spacial score (nSPS) is 19.3. The first-order valence-corrected chi connectivity index (χ1v) is 10.2. The molecule has 0 aromatic heterocycles. The largest absolute Gasteiger partial charge is 0.495 e. The molecular formula is C21H27N3O6. The number of hydrogen-bond acceptors (Lipinski definition) is 6. The number of nitrogens with zero attached hydrogens (tertiary/aromatic N) is 1. The Morgan fingerprint density at radius 1 is 1.13 bits per heavy atom. The number of esters is 1. The van der Waals surface area contributed by atoms with E-state index >= 15 is 0 Å². The summed E-state index contributed by atoms with van der Waals surface area (Å²) in [5.74, 6) is -1.74. The highest BCUT2D eigenvalue weighted by Gasteiger charge is 2.37. The van der Waals surface area contributed by atoms with E-state index in [2.05, 4.69) is 10.6 Å². The van der Waals surface area contributed by atoms with Crippen molar-refractivity contribution in [1.82, 2.24) is 10.6 Å². The molecule has 1 saturated carbocycles. The van der Waals surface area contributed by atoms with Crippen molar-refractivity contribution in [3.8, 4) is 5.75 Å². The molecule has 1 heterocycles. The number of imide groups is 1. The van der Waals surface area contributed by atoms with Crippen molar-refractivity contribution in [2.45, 2.75) is 44.6 Å². The number of anilines is 1. The second-order valence-corrected chi connectivity index (χ2v) is 7.54. The van der Waals surface area contributed by atoms with E-state index in [9.17, 15) is 19.2 Å². The second kappa shape index (κ2) is 10.1. The lowest BCUT2D eigenvalue weighted by Gasteiger charge is -2.22. The summed E-state index contributed by atoms with van der Waals surface area (Å²) >= 11 is 0. The Labute approximate surface area is 175 Å². The minimum absolute atomic E-state index is 0.0132. The Balaban J connectivity index is 1.45. The molecule has 1 aliphatic carbocycles. The number of methoxy groups -OCH3 is 1. The number of nitrogens with one attached hydrogen (secondary N) is 2. The van der Waals surface area contributed by atoms with Gasteiger partial charge in [0.25, 0.3) is 5.91 Å².